The molecule has 2 N–H and O–H groups in total. The zero-order chi connectivity index (χ0) is 14.3. The number of H-pyrrole nitrogens is 1. The number of fused-ring (bicyclic) bond motifs is 1. The molecule has 20 heavy (non-hydrogen) atoms. The highest BCUT2D eigenvalue weighted by atomic mass is 16.2. The number of nitrogens with one attached hydrogen (secondary N) is 2. The first-order valence-electron chi connectivity index (χ1n) is 7.02. The van der Waals surface area contributed by atoms with Gasteiger partial charge in [0.25, 0.3) is 0 Å². The van der Waals surface area contributed by atoms with Crippen LogP contribution in [0.25, 0.3) is 10.9 Å². The molecule has 0 bridgehead atoms. The molecule has 1 amide bonds. The Kier molecular flexibility index (Phi) is 3.08. The number of hydrogen-bond acceptors (Lipinski definition) is 2. The van der Waals surface area contributed by atoms with Crippen LogP contribution in [0.3, 0.4) is 0 Å². The summed E-state index contributed by atoms with van der Waals surface area (Å²) in [6.45, 7) is 4.13. The molecule has 2 aromatic rings. The van der Waals surface area contributed by atoms with Crippen LogP contribution < -0.4 is 10.9 Å². The van der Waals surface area contributed by atoms with E-state index >= 15 is 0 Å². The van der Waals surface area contributed by atoms with Gasteiger partial charge in [0.15, 0.2) is 0 Å². The molecule has 4 heteroatoms. The van der Waals surface area contributed by atoms with E-state index in [4.69, 9.17) is 0 Å². The summed E-state index contributed by atoms with van der Waals surface area (Å²) in [5.74, 6) is 0.533. The molecule has 4 nitrogen and oxygen atoms in total. The fourth-order valence-corrected chi connectivity index (χ4v) is 2.43. The van der Waals surface area contributed by atoms with Crippen molar-refractivity contribution in [1.29, 1.82) is 0 Å². The third-order valence-electron chi connectivity index (χ3n) is 3.71. The Bertz CT molecular complexity index is 727. The highest BCUT2D eigenvalue weighted by Crippen LogP contribution is 2.31. The minimum atomic E-state index is -0.105. The second kappa shape index (κ2) is 4.78. The number of amides is 1. The van der Waals surface area contributed by atoms with Crippen LogP contribution in [0.2, 0.25) is 0 Å². The summed E-state index contributed by atoms with van der Waals surface area (Å²) in [5, 5.41) is 3.93. The van der Waals surface area contributed by atoms with Gasteiger partial charge in [-0.2, -0.15) is 0 Å². The molecule has 0 aliphatic heterocycles. The van der Waals surface area contributed by atoms with Gasteiger partial charge in [-0.25, -0.2) is 0 Å². The predicted molar refractivity (Wildman–Crippen MR) is 80.0 cm³/mol. The molecule has 0 saturated heterocycles. The standard InChI is InChI=1S/C16H18N2O2/c1-9(2)13-8-15(19)18-14-7-11(5-6-12(13)14)17-16(20)10-3-4-10/h5-10H,3-4H2,1-2H3,(H,17,20)(H,18,19). The number of carbonyl (C=O) groups excluding carboxylic acids is 1. The number of pyridine rings is 1. The van der Waals surface area contributed by atoms with Crippen molar-refractivity contribution in [2.45, 2.75) is 32.6 Å². The van der Waals surface area contributed by atoms with Gasteiger partial charge in [0, 0.05) is 23.1 Å². The maximum absolute atomic E-state index is 11.8. The molecule has 1 fully saturated rings. The summed E-state index contributed by atoms with van der Waals surface area (Å²) in [4.78, 5) is 26.3. The molecule has 1 heterocycles. The third-order valence-corrected chi connectivity index (χ3v) is 3.71. The monoisotopic (exact) mass is 270 g/mol. The van der Waals surface area contributed by atoms with E-state index in [0.29, 0.717) is 0 Å². The highest BCUT2D eigenvalue weighted by molar-refractivity contribution is 5.96. The summed E-state index contributed by atoms with van der Waals surface area (Å²) in [6.07, 6.45) is 1.96. The van der Waals surface area contributed by atoms with Crippen LogP contribution in [0.4, 0.5) is 5.69 Å². The molecule has 1 aliphatic rings. The third kappa shape index (κ3) is 2.46. The number of anilines is 1. The van der Waals surface area contributed by atoms with Gasteiger partial charge in [-0.3, -0.25) is 9.59 Å². The first kappa shape index (κ1) is 12.9. The van der Waals surface area contributed by atoms with E-state index in [1.165, 1.54) is 0 Å². The molecule has 0 radical (unpaired) electrons. The van der Waals surface area contributed by atoms with Crippen molar-refractivity contribution in [3.8, 4) is 0 Å². The van der Waals surface area contributed by atoms with Gasteiger partial charge in [0.1, 0.15) is 0 Å². The number of hydrogen-bond donors (Lipinski definition) is 2. The van der Waals surface area contributed by atoms with Gasteiger partial charge in [-0.05, 0) is 36.5 Å². The summed E-state index contributed by atoms with van der Waals surface area (Å²) < 4.78 is 0. The lowest BCUT2D eigenvalue weighted by molar-refractivity contribution is -0.117. The quantitative estimate of drug-likeness (QED) is 0.900. The van der Waals surface area contributed by atoms with Crippen molar-refractivity contribution in [3.05, 3.63) is 40.2 Å². The number of aromatic amines is 1. The zero-order valence-corrected chi connectivity index (χ0v) is 11.7. The van der Waals surface area contributed by atoms with Crippen molar-refractivity contribution < 1.29 is 4.79 Å². The van der Waals surface area contributed by atoms with Crippen molar-refractivity contribution in [2.75, 3.05) is 5.32 Å². The van der Waals surface area contributed by atoms with Crippen LogP contribution >= 0.6 is 0 Å². The Morgan fingerprint density at radius 2 is 2.05 bits per heavy atom. The molecule has 1 aliphatic carbocycles. The van der Waals surface area contributed by atoms with E-state index in [-0.39, 0.29) is 23.3 Å². The lowest BCUT2D eigenvalue weighted by Crippen LogP contribution is -2.13. The number of benzene rings is 1. The first-order chi connectivity index (χ1) is 9.54. The zero-order valence-electron chi connectivity index (χ0n) is 11.7. The van der Waals surface area contributed by atoms with Gasteiger partial charge in [-0.15, -0.1) is 0 Å². The smallest absolute Gasteiger partial charge is 0.248 e. The van der Waals surface area contributed by atoms with Crippen LogP contribution in [0.15, 0.2) is 29.1 Å². The number of rotatable bonds is 3. The number of aromatic nitrogens is 1. The van der Waals surface area contributed by atoms with Gasteiger partial charge in [0.2, 0.25) is 11.5 Å². The molecule has 1 saturated carbocycles. The van der Waals surface area contributed by atoms with Crippen molar-refractivity contribution in [1.82, 2.24) is 4.98 Å². The van der Waals surface area contributed by atoms with Gasteiger partial charge in [-0.1, -0.05) is 19.9 Å². The normalized spacial score (nSPS) is 14.8. The Morgan fingerprint density at radius 3 is 2.70 bits per heavy atom. The Balaban J connectivity index is 2.02. The highest BCUT2D eigenvalue weighted by Gasteiger charge is 2.29. The molecule has 1 aromatic carbocycles. The largest absolute Gasteiger partial charge is 0.326 e. The number of carbonyl (C=O) groups is 1. The summed E-state index contributed by atoms with van der Waals surface area (Å²) in [6, 6.07) is 7.34. The average molecular weight is 270 g/mol. The van der Waals surface area contributed by atoms with E-state index in [2.05, 4.69) is 24.1 Å². The Morgan fingerprint density at radius 1 is 1.30 bits per heavy atom. The van der Waals surface area contributed by atoms with Crippen LogP contribution in [-0.4, -0.2) is 10.9 Å². The fourth-order valence-electron chi connectivity index (χ4n) is 2.43. The molecule has 0 unspecified atom stereocenters. The van der Waals surface area contributed by atoms with E-state index < -0.39 is 0 Å². The molecule has 3 rings (SSSR count). The second-order valence-corrected chi connectivity index (χ2v) is 5.77. The Hall–Kier alpha value is -2.10. The SMILES string of the molecule is CC(C)c1cc(=O)[nH]c2cc(NC(=O)C3CC3)ccc12. The van der Waals surface area contributed by atoms with Crippen molar-refractivity contribution in [3.63, 3.8) is 0 Å². The maximum atomic E-state index is 11.8. The molecule has 104 valence electrons. The lowest BCUT2D eigenvalue weighted by atomic mass is 9.99. The van der Waals surface area contributed by atoms with Crippen molar-refractivity contribution in [2.24, 2.45) is 5.92 Å². The minimum Gasteiger partial charge on any atom is -0.326 e. The molecule has 1 aromatic heterocycles. The lowest BCUT2D eigenvalue weighted by Gasteiger charge is -2.11. The van der Waals surface area contributed by atoms with Crippen LogP contribution in [0, 0.1) is 5.92 Å². The molecular formula is C16H18N2O2. The summed E-state index contributed by atoms with van der Waals surface area (Å²) in [7, 11) is 0. The van der Waals surface area contributed by atoms with E-state index in [9.17, 15) is 9.59 Å². The van der Waals surface area contributed by atoms with Crippen LogP contribution in [-0.2, 0) is 4.79 Å². The van der Waals surface area contributed by atoms with Gasteiger partial charge in [0.05, 0.1) is 5.52 Å². The Labute approximate surface area is 117 Å². The molecule has 0 spiro atoms. The first-order valence-corrected chi connectivity index (χ1v) is 7.02. The van der Waals surface area contributed by atoms with Gasteiger partial charge < -0.3 is 10.3 Å². The van der Waals surface area contributed by atoms with Crippen LogP contribution in [0.1, 0.15) is 38.2 Å². The van der Waals surface area contributed by atoms with E-state index in [1.54, 1.807) is 6.07 Å². The van der Waals surface area contributed by atoms with Crippen LogP contribution in [0.5, 0.6) is 0 Å². The average Bonchev–Trinajstić information content (AvgIpc) is 3.21. The molecular weight excluding hydrogens is 252 g/mol. The minimum absolute atomic E-state index is 0.0757. The van der Waals surface area contributed by atoms with E-state index in [1.807, 2.05) is 18.2 Å². The fraction of sp³-hybridized carbons (Fsp3) is 0.375. The predicted octanol–water partition coefficient (Wildman–Crippen LogP) is 3.00. The topological polar surface area (TPSA) is 62.0 Å². The van der Waals surface area contributed by atoms with E-state index in [0.717, 1.165) is 35.0 Å². The van der Waals surface area contributed by atoms with Gasteiger partial charge >= 0.3 is 0 Å². The molecule has 0 atom stereocenters. The van der Waals surface area contributed by atoms with Crippen molar-refractivity contribution >= 4 is 22.5 Å². The second-order valence-electron chi connectivity index (χ2n) is 5.77. The summed E-state index contributed by atoms with van der Waals surface area (Å²) in [5.41, 5.74) is 2.44. The maximum Gasteiger partial charge on any atom is 0.248 e. The summed E-state index contributed by atoms with van der Waals surface area (Å²) >= 11 is 0.